The van der Waals surface area contributed by atoms with Gasteiger partial charge < -0.3 is 10.2 Å². The fourth-order valence-corrected chi connectivity index (χ4v) is 4.96. The molecule has 9 nitrogen and oxygen atoms in total. The van der Waals surface area contributed by atoms with E-state index in [2.05, 4.69) is 44.9 Å². The predicted molar refractivity (Wildman–Crippen MR) is 129 cm³/mol. The van der Waals surface area contributed by atoms with Crippen LogP contribution >= 0.6 is 0 Å². The summed E-state index contributed by atoms with van der Waals surface area (Å²) in [6, 6.07) is 14.4. The van der Waals surface area contributed by atoms with Crippen molar-refractivity contribution in [1.82, 2.24) is 39.8 Å². The highest BCUT2D eigenvalue weighted by molar-refractivity contribution is 5.84. The fourth-order valence-electron chi connectivity index (χ4n) is 4.96. The van der Waals surface area contributed by atoms with Gasteiger partial charge in [0.15, 0.2) is 17.3 Å². The van der Waals surface area contributed by atoms with Crippen LogP contribution in [-0.4, -0.2) is 66.1 Å². The summed E-state index contributed by atoms with van der Waals surface area (Å²) >= 11 is 0. The van der Waals surface area contributed by atoms with Gasteiger partial charge in [-0.3, -0.25) is 4.79 Å². The summed E-state index contributed by atoms with van der Waals surface area (Å²) in [5.41, 5.74) is 4.70. The molecule has 1 aromatic carbocycles. The first-order chi connectivity index (χ1) is 16.4. The van der Waals surface area contributed by atoms with E-state index < -0.39 is 0 Å². The summed E-state index contributed by atoms with van der Waals surface area (Å²) in [6.07, 6.45) is 0.908. The lowest BCUT2D eigenvalue weighted by atomic mass is 9.96. The van der Waals surface area contributed by atoms with Gasteiger partial charge in [-0.25, -0.2) is 4.68 Å². The minimum Gasteiger partial charge on any atom is -0.339 e. The third-order valence-corrected chi connectivity index (χ3v) is 6.66. The van der Waals surface area contributed by atoms with E-state index in [-0.39, 0.29) is 17.9 Å². The molecule has 9 heteroatoms. The number of fused-ring (bicyclic) bond motifs is 1. The Labute approximate surface area is 198 Å². The van der Waals surface area contributed by atoms with Gasteiger partial charge in [0.1, 0.15) is 0 Å². The molecule has 1 amide bonds. The first-order valence-electron chi connectivity index (χ1n) is 11.7. The zero-order valence-electron chi connectivity index (χ0n) is 20.1. The van der Waals surface area contributed by atoms with Gasteiger partial charge in [-0.1, -0.05) is 30.3 Å². The lowest BCUT2D eigenvalue weighted by molar-refractivity contribution is -0.133. The van der Waals surface area contributed by atoms with Crippen LogP contribution in [0.15, 0.2) is 42.5 Å². The molecule has 3 aromatic heterocycles. The molecule has 5 rings (SSSR count). The molecule has 4 heterocycles. The highest BCUT2D eigenvalue weighted by atomic mass is 16.2. The number of aromatic nitrogens is 6. The number of hydrogen-bond donors (Lipinski definition) is 1. The maximum absolute atomic E-state index is 13.6. The van der Waals surface area contributed by atoms with Gasteiger partial charge in [-0.2, -0.15) is 9.61 Å². The molecule has 2 unspecified atom stereocenters. The van der Waals surface area contributed by atoms with Crippen LogP contribution in [0, 0.1) is 20.8 Å². The molecule has 1 N–H and O–H groups in total. The SMILES string of the molecule is Cc1nn(-c2ccc3nnc(C)n3n2)c(C)c1C(C)C(=O)N1CCNC(Cc2ccccc2)C1. The zero-order chi connectivity index (χ0) is 23.8. The molecule has 176 valence electrons. The second-order valence-electron chi connectivity index (χ2n) is 9.05. The Morgan fingerprint density at radius 1 is 1.09 bits per heavy atom. The Morgan fingerprint density at radius 3 is 2.68 bits per heavy atom. The molecule has 2 atom stereocenters. The van der Waals surface area contributed by atoms with Crippen LogP contribution in [0.4, 0.5) is 0 Å². The minimum absolute atomic E-state index is 0.142. The number of amides is 1. The van der Waals surface area contributed by atoms with E-state index in [4.69, 9.17) is 5.10 Å². The average Bonchev–Trinajstić information content (AvgIpc) is 3.37. The number of aryl methyl sites for hydroxylation is 2. The van der Waals surface area contributed by atoms with Crippen LogP contribution in [0.3, 0.4) is 0 Å². The zero-order valence-corrected chi connectivity index (χ0v) is 20.1. The number of nitrogens with zero attached hydrogens (tertiary/aromatic N) is 7. The third-order valence-electron chi connectivity index (χ3n) is 6.66. The standard InChI is InChI=1S/C25H30N8O/c1-16(25(34)31-13-12-26-21(15-31)14-20-8-6-5-7-9-20)24-17(2)29-32(18(24)3)23-11-10-22-28-27-19(4)33(22)30-23/h5-11,16,21,26H,12-15H2,1-4H3. The Bertz CT molecular complexity index is 1330. The van der Waals surface area contributed by atoms with Crippen LogP contribution in [0.5, 0.6) is 0 Å². The van der Waals surface area contributed by atoms with Crippen molar-refractivity contribution in [3.05, 3.63) is 70.8 Å². The molecule has 0 aliphatic carbocycles. The van der Waals surface area contributed by atoms with Gasteiger partial charge in [-0.15, -0.1) is 15.3 Å². The maximum atomic E-state index is 13.6. The lowest BCUT2D eigenvalue weighted by Gasteiger charge is -2.35. The number of carbonyl (C=O) groups excluding carboxylic acids is 1. The molecule has 34 heavy (non-hydrogen) atoms. The van der Waals surface area contributed by atoms with Crippen molar-refractivity contribution in [3.8, 4) is 5.82 Å². The Hall–Kier alpha value is -3.59. The second-order valence-corrected chi connectivity index (χ2v) is 9.05. The van der Waals surface area contributed by atoms with Crippen LogP contribution < -0.4 is 5.32 Å². The number of nitrogens with one attached hydrogen (secondary N) is 1. The van der Waals surface area contributed by atoms with E-state index in [0.717, 1.165) is 29.9 Å². The molecular formula is C25H30N8O. The summed E-state index contributed by atoms with van der Waals surface area (Å²) in [4.78, 5) is 15.6. The second kappa shape index (κ2) is 8.98. The molecule has 1 fully saturated rings. The summed E-state index contributed by atoms with van der Waals surface area (Å²) < 4.78 is 3.51. The van der Waals surface area contributed by atoms with Gasteiger partial charge in [0.25, 0.3) is 0 Å². The van der Waals surface area contributed by atoms with Gasteiger partial charge in [0.05, 0.1) is 11.6 Å². The van der Waals surface area contributed by atoms with Crippen molar-refractivity contribution >= 4 is 11.6 Å². The summed E-state index contributed by atoms with van der Waals surface area (Å²) in [7, 11) is 0. The first-order valence-corrected chi connectivity index (χ1v) is 11.7. The van der Waals surface area contributed by atoms with Gasteiger partial charge in [-0.05, 0) is 51.8 Å². The Balaban J connectivity index is 1.36. The molecule has 1 saturated heterocycles. The van der Waals surface area contributed by atoms with Gasteiger partial charge in [0.2, 0.25) is 5.91 Å². The van der Waals surface area contributed by atoms with E-state index in [1.807, 2.05) is 55.5 Å². The molecule has 4 aromatic rings. The molecule has 0 radical (unpaired) electrons. The predicted octanol–water partition coefficient (Wildman–Crippen LogP) is 2.38. The number of piperazine rings is 1. The van der Waals surface area contributed by atoms with Crippen molar-refractivity contribution < 1.29 is 4.79 Å². The van der Waals surface area contributed by atoms with Crippen molar-refractivity contribution in [3.63, 3.8) is 0 Å². The highest BCUT2D eigenvalue weighted by Crippen LogP contribution is 2.27. The quantitative estimate of drug-likeness (QED) is 0.494. The van der Waals surface area contributed by atoms with E-state index >= 15 is 0 Å². The topological polar surface area (TPSA) is 93.2 Å². The number of rotatable bonds is 5. The summed E-state index contributed by atoms with van der Waals surface area (Å²) in [5.74, 6) is 1.24. The third kappa shape index (κ3) is 4.07. The maximum Gasteiger partial charge on any atom is 0.230 e. The average molecular weight is 459 g/mol. The van der Waals surface area contributed by atoms with E-state index in [1.54, 1.807) is 4.52 Å². The van der Waals surface area contributed by atoms with E-state index in [0.29, 0.717) is 30.4 Å². The number of benzene rings is 1. The van der Waals surface area contributed by atoms with Crippen LogP contribution in [0.2, 0.25) is 0 Å². The number of carbonyl (C=O) groups is 1. The van der Waals surface area contributed by atoms with E-state index in [9.17, 15) is 4.79 Å². The summed E-state index contributed by atoms with van der Waals surface area (Å²) in [5, 5.41) is 21.1. The van der Waals surface area contributed by atoms with Crippen molar-refractivity contribution in [2.24, 2.45) is 0 Å². The van der Waals surface area contributed by atoms with E-state index in [1.165, 1.54) is 5.56 Å². The molecular weight excluding hydrogens is 428 g/mol. The smallest absolute Gasteiger partial charge is 0.230 e. The Kier molecular flexibility index (Phi) is 5.87. The first kappa shape index (κ1) is 22.2. The normalized spacial score (nSPS) is 17.3. The van der Waals surface area contributed by atoms with Crippen LogP contribution in [-0.2, 0) is 11.2 Å². The van der Waals surface area contributed by atoms with Crippen molar-refractivity contribution in [2.45, 2.75) is 46.1 Å². The van der Waals surface area contributed by atoms with Crippen LogP contribution in [0.25, 0.3) is 11.5 Å². The Morgan fingerprint density at radius 2 is 1.88 bits per heavy atom. The van der Waals surface area contributed by atoms with Gasteiger partial charge >= 0.3 is 0 Å². The van der Waals surface area contributed by atoms with Crippen LogP contribution in [0.1, 0.15) is 41.2 Å². The molecule has 0 spiro atoms. The lowest BCUT2D eigenvalue weighted by Crippen LogP contribution is -2.54. The number of hydrogen-bond acceptors (Lipinski definition) is 6. The molecule has 0 saturated carbocycles. The van der Waals surface area contributed by atoms with Gasteiger partial charge in [0, 0.05) is 36.9 Å². The largest absolute Gasteiger partial charge is 0.339 e. The van der Waals surface area contributed by atoms with Crippen molar-refractivity contribution in [1.29, 1.82) is 0 Å². The fraction of sp³-hybridized carbons (Fsp3) is 0.400. The minimum atomic E-state index is -0.287. The molecule has 1 aliphatic rings. The van der Waals surface area contributed by atoms with Crippen molar-refractivity contribution in [2.75, 3.05) is 19.6 Å². The molecule has 1 aliphatic heterocycles. The molecule has 0 bridgehead atoms. The monoisotopic (exact) mass is 458 g/mol. The highest BCUT2D eigenvalue weighted by Gasteiger charge is 2.30. The summed E-state index contributed by atoms with van der Waals surface area (Å²) in [6.45, 7) is 10.0.